The monoisotopic (exact) mass is 495 g/mol. The van der Waals surface area contributed by atoms with Crippen molar-refractivity contribution in [3.8, 4) is 5.75 Å². The third-order valence-electron chi connectivity index (χ3n) is 6.21. The molecule has 0 saturated carbocycles. The maximum atomic E-state index is 12.3. The van der Waals surface area contributed by atoms with Crippen LogP contribution in [0.5, 0.6) is 5.75 Å². The van der Waals surface area contributed by atoms with Crippen molar-refractivity contribution >= 4 is 26.2 Å². The van der Waals surface area contributed by atoms with E-state index in [4.69, 9.17) is 23.5 Å². The Labute approximate surface area is 202 Å². The van der Waals surface area contributed by atoms with Crippen LogP contribution in [0.2, 0.25) is 18.1 Å². The number of carbonyl (C=O) groups is 3. The lowest BCUT2D eigenvalue weighted by atomic mass is 10.0. The first-order valence-corrected chi connectivity index (χ1v) is 14.2. The first kappa shape index (κ1) is 27.8. The molecule has 0 amide bonds. The summed E-state index contributed by atoms with van der Waals surface area (Å²) in [5, 5.41) is 1.36. The number of rotatable bonds is 10. The molecule has 10 heteroatoms. The predicted octanol–water partition coefficient (Wildman–Crippen LogP) is 3.61. The Kier molecular flexibility index (Phi) is 9.27. The molecule has 1 fully saturated rings. The Balaban J connectivity index is 2.38. The largest absolute Gasteiger partial charge is 0.497 e. The first-order valence-electron chi connectivity index (χ1n) is 11.3. The van der Waals surface area contributed by atoms with Gasteiger partial charge < -0.3 is 23.5 Å². The number of hydrogen-bond donors (Lipinski definition) is 0. The molecule has 0 spiro atoms. The van der Waals surface area contributed by atoms with Crippen LogP contribution in [0.1, 0.15) is 46.6 Å². The fourth-order valence-electron chi connectivity index (χ4n) is 3.39. The summed E-state index contributed by atoms with van der Waals surface area (Å²) in [4.78, 5) is 41.5. The highest BCUT2D eigenvalue weighted by atomic mass is 28.4. The molecule has 1 heterocycles. The summed E-state index contributed by atoms with van der Waals surface area (Å²) in [5.41, 5.74) is 0.879. The molecule has 0 radical (unpaired) electrons. The lowest BCUT2D eigenvalue weighted by Gasteiger charge is -2.42. The molecule has 1 aliphatic heterocycles. The summed E-state index contributed by atoms with van der Waals surface area (Å²) >= 11 is 0. The fourth-order valence-corrected chi connectivity index (χ4v) is 4.71. The van der Waals surface area contributed by atoms with Crippen molar-refractivity contribution in [3.05, 3.63) is 29.8 Å². The Morgan fingerprint density at radius 1 is 1.15 bits per heavy atom. The van der Waals surface area contributed by atoms with Crippen LogP contribution in [0.15, 0.2) is 24.3 Å². The van der Waals surface area contributed by atoms with E-state index in [9.17, 15) is 14.4 Å². The number of benzene rings is 1. The topological polar surface area (TPSA) is 101 Å². The average molecular weight is 496 g/mol. The number of methoxy groups -OCH3 is 1. The minimum atomic E-state index is -2.37. The standard InChI is InChI=1S/C24H37NO8Si/c1-16(26)30-15-21(33-34(7,8)24(3,4)5)23(31-17(2)27)20-13-22(28)32-25(20)14-18-9-11-19(29-6)12-10-18/h9-12,20-21,23H,13-15H2,1-8H3/t20-,21+,23-/m0/s1. The number of esters is 2. The van der Waals surface area contributed by atoms with Crippen molar-refractivity contribution in [3.63, 3.8) is 0 Å². The Bertz CT molecular complexity index is 865. The number of hydroxylamine groups is 2. The molecule has 0 aliphatic carbocycles. The van der Waals surface area contributed by atoms with Crippen LogP contribution in [0.25, 0.3) is 0 Å². The normalized spacial score (nSPS) is 18.7. The van der Waals surface area contributed by atoms with Gasteiger partial charge in [-0.2, -0.15) is 0 Å². The molecule has 190 valence electrons. The molecule has 1 aromatic carbocycles. The number of carbonyl (C=O) groups excluding carboxylic acids is 3. The van der Waals surface area contributed by atoms with Crippen molar-refractivity contribution in [2.45, 2.75) is 84.0 Å². The second kappa shape index (κ2) is 11.3. The van der Waals surface area contributed by atoms with Crippen LogP contribution in [-0.2, 0) is 39.7 Å². The zero-order valence-corrected chi connectivity index (χ0v) is 22.4. The van der Waals surface area contributed by atoms with Crippen molar-refractivity contribution in [1.82, 2.24) is 5.06 Å². The van der Waals surface area contributed by atoms with Gasteiger partial charge in [-0.25, -0.2) is 0 Å². The average Bonchev–Trinajstić information content (AvgIpc) is 3.08. The lowest BCUT2D eigenvalue weighted by molar-refractivity contribution is -0.195. The SMILES string of the molecule is COc1ccc(CN2OC(=O)C[C@H]2[C@H](OC(C)=O)[C@@H](COC(C)=O)O[Si](C)(C)C(C)(C)C)cc1. The minimum Gasteiger partial charge on any atom is -0.497 e. The van der Waals surface area contributed by atoms with Gasteiger partial charge in [0.05, 0.1) is 26.1 Å². The molecule has 2 rings (SSSR count). The van der Waals surface area contributed by atoms with Gasteiger partial charge in [-0.1, -0.05) is 32.9 Å². The number of hydrogen-bond acceptors (Lipinski definition) is 9. The maximum Gasteiger partial charge on any atom is 0.326 e. The molecular formula is C24H37NO8Si. The van der Waals surface area contributed by atoms with E-state index in [1.807, 2.05) is 24.3 Å². The molecule has 1 aromatic rings. The molecular weight excluding hydrogens is 458 g/mol. The number of nitrogens with zero attached hydrogens (tertiary/aromatic N) is 1. The summed E-state index contributed by atoms with van der Waals surface area (Å²) < 4.78 is 22.8. The minimum absolute atomic E-state index is 0.00549. The van der Waals surface area contributed by atoms with Crippen LogP contribution >= 0.6 is 0 Å². The van der Waals surface area contributed by atoms with Crippen molar-refractivity contribution in [2.24, 2.45) is 0 Å². The van der Waals surface area contributed by atoms with Crippen LogP contribution in [0, 0.1) is 0 Å². The van der Waals surface area contributed by atoms with Crippen molar-refractivity contribution < 1.29 is 37.9 Å². The highest BCUT2D eigenvalue weighted by Crippen LogP contribution is 2.39. The van der Waals surface area contributed by atoms with Crippen LogP contribution < -0.4 is 4.74 Å². The fraction of sp³-hybridized carbons (Fsp3) is 0.625. The quantitative estimate of drug-likeness (QED) is 0.356. The van der Waals surface area contributed by atoms with E-state index < -0.39 is 44.5 Å². The smallest absolute Gasteiger partial charge is 0.326 e. The summed E-state index contributed by atoms with van der Waals surface area (Å²) in [6.07, 6.45) is -1.66. The zero-order chi connectivity index (χ0) is 25.7. The van der Waals surface area contributed by atoms with Gasteiger partial charge in [0.2, 0.25) is 0 Å². The Morgan fingerprint density at radius 3 is 2.26 bits per heavy atom. The van der Waals surface area contributed by atoms with E-state index in [0.29, 0.717) is 5.75 Å². The summed E-state index contributed by atoms with van der Waals surface area (Å²) in [5.74, 6) is -0.727. The highest BCUT2D eigenvalue weighted by Gasteiger charge is 2.48. The zero-order valence-electron chi connectivity index (χ0n) is 21.4. The van der Waals surface area contributed by atoms with Gasteiger partial charge in [0.15, 0.2) is 8.32 Å². The summed E-state index contributed by atoms with van der Waals surface area (Å²) in [6, 6.07) is 6.74. The molecule has 34 heavy (non-hydrogen) atoms. The molecule has 3 atom stereocenters. The van der Waals surface area contributed by atoms with Gasteiger partial charge >= 0.3 is 17.9 Å². The third kappa shape index (κ3) is 7.54. The summed E-state index contributed by atoms with van der Waals surface area (Å²) in [7, 11) is -0.783. The van der Waals surface area contributed by atoms with Crippen LogP contribution in [0.4, 0.5) is 0 Å². The second-order valence-corrected chi connectivity index (χ2v) is 14.7. The molecule has 1 saturated heterocycles. The van der Waals surface area contributed by atoms with Crippen LogP contribution in [-0.4, -0.2) is 63.3 Å². The molecule has 0 aromatic heterocycles. The van der Waals surface area contributed by atoms with Crippen LogP contribution in [0.3, 0.4) is 0 Å². The van der Waals surface area contributed by atoms with Gasteiger partial charge in [-0.05, 0) is 35.8 Å². The summed E-state index contributed by atoms with van der Waals surface area (Å²) in [6.45, 7) is 13.1. The van der Waals surface area contributed by atoms with E-state index in [0.717, 1.165) is 5.56 Å². The Hall–Kier alpha value is -2.43. The third-order valence-corrected chi connectivity index (χ3v) is 10.7. The van der Waals surface area contributed by atoms with Gasteiger partial charge in [0, 0.05) is 13.8 Å². The molecule has 1 aliphatic rings. The Morgan fingerprint density at radius 2 is 1.76 bits per heavy atom. The highest BCUT2D eigenvalue weighted by molar-refractivity contribution is 6.74. The molecule has 9 nitrogen and oxygen atoms in total. The second-order valence-electron chi connectivity index (χ2n) is 9.95. The van der Waals surface area contributed by atoms with E-state index in [-0.39, 0.29) is 24.6 Å². The van der Waals surface area contributed by atoms with Gasteiger partial charge in [0.25, 0.3) is 0 Å². The maximum absolute atomic E-state index is 12.3. The van der Waals surface area contributed by atoms with E-state index in [1.165, 1.54) is 18.9 Å². The van der Waals surface area contributed by atoms with Gasteiger partial charge in [0.1, 0.15) is 24.6 Å². The molecule has 0 N–H and O–H groups in total. The van der Waals surface area contributed by atoms with Crippen molar-refractivity contribution in [2.75, 3.05) is 13.7 Å². The van der Waals surface area contributed by atoms with E-state index in [2.05, 4.69) is 33.9 Å². The van der Waals surface area contributed by atoms with Crippen molar-refractivity contribution in [1.29, 1.82) is 0 Å². The molecule has 0 bridgehead atoms. The van der Waals surface area contributed by atoms with Gasteiger partial charge in [-0.3, -0.25) is 14.4 Å². The first-order chi connectivity index (χ1) is 15.7. The lowest BCUT2D eigenvalue weighted by Crippen LogP contribution is -2.55. The van der Waals surface area contributed by atoms with E-state index in [1.54, 1.807) is 7.11 Å². The van der Waals surface area contributed by atoms with Gasteiger partial charge in [-0.15, -0.1) is 5.06 Å². The van der Waals surface area contributed by atoms with E-state index >= 15 is 0 Å². The number of ether oxygens (including phenoxy) is 3. The molecule has 0 unspecified atom stereocenters. The predicted molar refractivity (Wildman–Crippen MR) is 127 cm³/mol.